The number of carbonyl (C=O) groups excluding carboxylic acids is 1. The van der Waals surface area contributed by atoms with Crippen molar-refractivity contribution in [1.29, 1.82) is 0 Å². The molecule has 0 aliphatic rings. The first kappa shape index (κ1) is 16.7. The number of esters is 1. The number of ether oxygens (including phenoxy) is 1. The summed E-state index contributed by atoms with van der Waals surface area (Å²) < 4.78 is 56.7. The van der Waals surface area contributed by atoms with Gasteiger partial charge in [-0.15, -0.1) is 5.10 Å². The Morgan fingerprint density at radius 1 is 1.39 bits per heavy atom. The highest BCUT2D eigenvalue weighted by molar-refractivity contribution is 5.86. The predicted molar refractivity (Wildman–Crippen MR) is 71.3 cm³/mol. The summed E-state index contributed by atoms with van der Waals surface area (Å²) in [6.07, 6.45) is -3.25. The van der Waals surface area contributed by atoms with Crippen molar-refractivity contribution in [2.75, 3.05) is 19.0 Å². The molecule has 1 heterocycles. The fraction of sp³-hybridized carbons (Fsp3) is 0.308. The van der Waals surface area contributed by atoms with Gasteiger partial charge in [0.15, 0.2) is 5.69 Å². The van der Waals surface area contributed by atoms with Gasteiger partial charge in [-0.1, -0.05) is 5.21 Å². The Bertz CT molecular complexity index is 700. The average molecular weight is 332 g/mol. The van der Waals surface area contributed by atoms with Gasteiger partial charge in [-0.05, 0) is 18.2 Å². The second-order valence-electron chi connectivity index (χ2n) is 4.48. The summed E-state index contributed by atoms with van der Waals surface area (Å²) in [6.45, 7) is 0.400. The van der Waals surface area contributed by atoms with Gasteiger partial charge in [-0.3, -0.25) is 0 Å². The summed E-state index contributed by atoms with van der Waals surface area (Å²) in [7, 11) is 1.20. The number of methoxy groups -OCH3 is 1. The minimum atomic E-state index is -4.59. The Balaban J connectivity index is 1.94. The van der Waals surface area contributed by atoms with Crippen molar-refractivity contribution in [1.82, 2.24) is 15.0 Å². The maximum absolute atomic E-state index is 13.6. The van der Waals surface area contributed by atoms with Crippen LogP contribution in [0.3, 0.4) is 0 Å². The van der Waals surface area contributed by atoms with E-state index >= 15 is 0 Å². The SMILES string of the molecule is COC(=O)c1cn(CCNc2ccc(C(F)(F)F)cc2F)nn1. The monoisotopic (exact) mass is 332 g/mol. The third-order valence-corrected chi connectivity index (χ3v) is 2.89. The van der Waals surface area contributed by atoms with Crippen molar-refractivity contribution in [2.45, 2.75) is 12.7 Å². The van der Waals surface area contributed by atoms with Crippen LogP contribution >= 0.6 is 0 Å². The normalized spacial score (nSPS) is 11.3. The molecule has 23 heavy (non-hydrogen) atoms. The van der Waals surface area contributed by atoms with Crippen LogP contribution in [0.4, 0.5) is 23.2 Å². The molecule has 6 nitrogen and oxygen atoms in total. The van der Waals surface area contributed by atoms with Gasteiger partial charge < -0.3 is 10.1 Å². The van der Waals surface area contributed by atoms with E-state index in [4.69, 9.17) is 0 Å². The predicted octanol–water partition coefficient (Wildman–Crippen LogP) is 2.33. The van der Waals surface area contributed by atoms with Gasteiger partial charge >= 0.3 is 12.1 Å². The van der Waals surface area contributed by atoms with Crippen LogP contribution in [-0.4, -0.2) is 34.6 Å². The highest BCUT2D eigenvalue weighted by atomic mass is 19.4. The van der Waals surface area contributed by atoms with Gasteiger partial charge in [-0.25, -0.2) is 13.9 Å². The average Bonchev–Trinajstić information content (AvgIpc) is 2.96. The minimum Gasteiger partial charge on any atom is -0.464 e. The molecule has 0 spiro atoms. The van der Waals surface area contributed by atoms with Gasteiger partial charge in [0.25, 0.3) is 0 Å². The number of anilines is 1. The van der Waals surface area contributed by atoms with Crippen molar-refractivity contribution in [3.8, 4) is 0 Å². The molecule has 1 aromatic carbocycles. The standard InChI is InChI=1S/C13H12F4N4O2/c1-23-12(22)11-7-21(20-19-11)5-4-18-10-3-2-8(6-9(10)14)13(15,16)17/h2-3,6-7,18H,4-5H2,1H3. The van der Waals surface area contributed by atoms with Crippen LogP contribution in [0, 0.1) is 5.82 Å². The van der Waals surface area contributed by atoms with Gasteiger partial charge in [-0.2, -0.15) is 13.2 Å². The second-order valence-corrected chi connectivity index (χ2v) is 4.48. The molecule has 0 bridgehead atoms. The Kier molecular flexibility index (Phi) is 4.82. The van der Waals surface area contributed by atoms with Crippen molar-refractivity contribution in [3.63, 3.8) is 0 Å². The molecule has 0 saturated heterocycles. The van der Waals surface area contributed by atoms with Gasteiger partial charge in [0.2, 0.25) is 0 Å². The number of nitrogens with one attached hydrogen (secondary N) is 1. The number of halogens is 4. The smallest absolute Gasteiger partial charge is 0.416 e. The van der Waals surface area contributed by atoms with Gasteiger partial charge in [0, 0.05) is 6.54 Å². The molecule has 0 aliphatic heterocycles. The quantitative estimate of drug-likeness (QED) is 0.672. The number of aromatic nitrogens is 3. The largest absolute Gasteiger partial charge is 0.464 e. The van der Waals surface area contributed by atoms with Gasteiger partial charge in [0.1, 0.15) is 5.82 Å². The maximum atomic E-state index is 13.6. The zero-order valence-electron chi connectivity index (χ0n) is 11.9. The zero-order valence-corrected chi connectivity index (χ0v) is 11.9. The first-order valence-corrected chi connectivity index (χ1v) is 6.40. The van der Waals surface area contributed by atoms with E-state index in [1.54, 1.807) is 0 Å². The lowest BCUT2D eigenvalue weighted by molar-refractivity contribution is -0.137. The first-order valence-electron chi connectivity index (χ1n) is 6.40. The second kappa shape index (κ2) is 6.63. The fourth-order valence-corrected chi connectivity index (χ4v) is 1.75. The Morgan fingerprint density at radius 2 is 2.13 bits per heavy atom. The molecule has 0 radical (unpaired) electrons. The van der Waals surface area contributed by atoms with Crippen molar-refractivity contribution >= 4 is 11.7 Å². The Hall–Kier alpha value is -2.65. The summed E-state index contributed by atoms with van der Waals surface area (Å²) >= 11 is 0. The Labute approximate surface area is 128 Å². The number of hydrogen-bond donors (Lipinski definition) is 1. The number of benzene rings is 1. The van der Waals surface area contributed by atoms with E-state index in [0.29, 0.717) is 6.07 Å². The van der Waals surface area contributed by atoms with E-state index in [0.717, 1.165) is 12.1 Å². The molecule has 10 heteroatoms. The molecule has 0 amide bonds. The van der Waals surface area contributed by atoms with Crippen LogP contribution in [-0.2, 0) is 17.5 Å². The summed E-state index contributed by atoms with van der Waals surface area (Å²) in [5.41, 5.74) is -1.10. The lowest BCUT2D eigenvalue weighted by atomic mass is 10.2. The molecule has 0 saturated carbocycles. The molecule has 1 aromatic heterocycles. The fourth-order valence-electron chi connectivity index (χ4n) is 1.75. The highest BCUT2D eigenvalue weighted by Gasteiger charge is 2.31. The molecule has 1 N–H and O–H groups in total. The topological polar surface area (TPSA) is 69.0 Å². The lowest BCUT2D eigenvalue weighted by Crippen LogP contribution is -2.13. The number of carbonyl (C=O) groups is 1. The molecule has 0 fully saturated rings. The number of rotatable bonds is 5. The van der Waals surface area contributed by atoms with E-state index in [1.165, 1.54) is 18.0 Å². The van der Waals surface area contributed by atoms with Crippen LogP contribution in [0.1, 0.15) is 16.1 Å². The van der Waals surface area contributed by atoms with Crippen molar-refractivity contribution < 1.29 is 27.1 Å². The molecule has 0 aliphatic carbocycles. The summed E-state index contributed by atoms with van der Waals surface area (Å²) in [5, 5.41) is 9.89. The van der Waals surface area contributed by atoms with Crippen LogP contribution in [0.5, 0.6) is 0 Å². The molecule has 2 aromatic rings. The van der Waals surface area contributed by atoms with E-state index in [-0.39, 0.29) is 24.5 Å². The number of nitrogens with zero attached hydrogens (tertiary/aromatic N) is 3. The lowest BCUT2D eigenvalue weighted by Gasteiger charge is -2.10. The summed E-state index contributed by atoms with van der Waals surface area (Å²) in [4.78, 5) is 11.2. The molecule has 0 atom stereocenters. The number of alkyl halides is 3. The van der Waals surface area contributed by atoms with E-state index < -0.39 is 23.5 Å². The molecule has 0 unspecified atom stereocenters. The number of hydrogen-bond acceptors (Lipinski definition) is 5. The molecular formula is C13H12F4N4O2. The minimum absolute atomic E-state index is 0.0215. The highest BCUT2D eigenvalue weighted by Crippen LogP contribution is 2.31. The van der Waals surface area contributed by atoms with Crippen molar-refractivity contribution in [3.05, 3.63) is 41.5 Å². The van der Waals surface area contributed by atoms with E-state index in [1.807, 2.05) is 0 Å². The summed E-state index contributed by atoms with van der Waals surface area (Å²) in [6, 6.07) is 2.22. The molecule has 2 rings (SSSR count). The summed E-state index contributed by atoms with van der Waals surface area (Å²) in [5.74, 6) is -1.65. The third-order valence-electron chi connectivity index (χ3n) is 2.89. The van der Waals surface area contributed by atoms with Crippen LogP contribution in [0.15, 0.2) is 24.4 Å². The third kappa shape index (κ3) is 4.18. The van der Waals surface area contributed by atoms with Crippen LogP contribution in [0.25, 0.3) is 0 Å². The van der Waals surface area contributed by atoms with Crippen LogP contribution in [0.2, 0.25) is 0 Å². The molecule has 124 valence electrons. The van der Waals surface area contributed by atoms with E-state index in [9.17, 15) is 22.4 Å². The Morgan fingerprint density at radius 3 is 2.74 bits per heavy atom. The zero-order chi connectivity index (χ0) is 17.0. The van der Waals surface area contributed by atoms with Gasteiger partial charge in [0.05, 0.1) is 31.1 Å². The first-order chi connectivity index (χ1) is 10.8. The van der Waals surface area contributed by atoms with E-state index in [2.05, 4.69) is 20.4 Å². The maximum Gasteiger partial charge on any atom is 0.416 e. The van der Waals surface area contributed by atoms with Crippen molar-refractivity contribution in [2.24, 2.45) is 0 Å². The van der Waals surface area contributed by atoms with Crippen LogP contribution < -0.4 is 5.32 Å². The molecular weight excluding hydrogens is 320 g/mol.